The summed E-state index contributed by atoms with van der Waals surface area (Å²) in [4.78, 5) is 13.1. The van der Waals surface area contributed by atoms with Crippen LogP contribution in [0.4, 0.5) is 5.13 Å². The first-order valence-corrected chi connectivity index (χ1v) is 10.1. The molecule has 0 saturated carbocycles. The number of nitrogens with zero attached hydrogens (tertiary/aromatic N) is 2. The Kier molecular flexibility index (Phi) is 6.62. The molecule has 27 heavy (non-hydrogen) atoms. The average Bonchev–Trinajstić information content (AvgIpc) is 3.13. The van der Waals surface area contributed by atoms with E-state index in [4.69, 9.17) is 4.74 Å². The van der Waals surface area contributed by atoms with Gasteiger partial charge in [-0.1, -0.05) is 47.2 Å². The third-order valence-electron chi connectivity index (χ3n) is 3.61. The highest BCUT2D eigenvalue weighted by Gasteiger charge is 2.07. The number of carbonyl (C=O) groups excluding carboxylic acids is 1. The van der Waals surface area contributed by atoms with Gasteiger partial charge in [0.05, 0.1) is 12.9 Å². The van der Waals surface area contributed by atoms with Gasteiger partial charge in [-0.3, -0.25) is 10.1 Å². The lowest BCUT2D eigenvalue weighted by Gasteiger charge is -2.02. The number of ether oxygens (including phenoxy) is 1. The van der Waals surface area contributed by atoms with Crippen LogP contribution in [0.1, 0.15) is 16.1 Å². The number of aromatic nitrogens is 2. The van der Waals surface area contributed by atoms with Crippen LogP contribution in [0.5, 0.6) is 5.75 Å². The summed E-state index contributed by atoms with van der Waals surface area (Å²) in [6.45, 7) is 2.04. The van der Waals surface area contributed by atoms with Gasteiger partial charge < -0.3 is 4.74 Å². The zero-order valence-corrected chi connectivity index (χ0v) is 16.6. The lowest BCUT2D eigenvalue weighted by atomic mass is 10.2. The molecule has 1 N–H and O–H groups in total. The Bertz CT molecular complexity index is 919. The van der Waals surface area contributed by atoms with Crippen LogP contribution >= 0.6 is 23.1 Å². The van der Waals surface area contributed by atoms with Gasteiger partial charge in [0.25, 0.3) is 0 Å². The number of carbonyl (C=O) groups is 1. The number of benzene rings is 2. The van der Waals surface area contributed by atoms with Gasteiger partial charge in [-0.15, -0.1) is 22.0 Å². The highest BCUT2D eigenvalue weighted by atomic mass is 32.2. The first-order chi connectivity index (χ1) is 13.1. The molecule has 5 nitrogen and oxygen atoms in total. The van der Waals surface area contributed by atoms with Crippen LogP contribution in [-0.4, -0.2) is 29.0 Å². The smallest absolute Gasteiger partial charge is 0.236 e. The van der Waals surface area contributed by atoms with Gasteiger partial charge in [-0.2, -0.15) is 0 Å². The molecular weight excluding hydrogens is 378 g/mol. The summed E-state index contributed by atoms with van der Waals surface area (Å²) >= 11 is 2.83. The minimum absolute atomic E-state index is 0.0950. The zero-order chi connectivity index (χ0) is 19.1. The molecule has 0 radical (unpaired) electrons. The van der Waals surface area contributed by atoms with Crippen LogP contribution in [0.3, 0.4) is 0 Å². The van der Waals surface area contributed by atoms with E-state index < -0.39 is 0 Å². The quantitative estimate of drug-likeness (QED) is 0.583. The van der Waals surface area contributed by atoms with Gasteiger partial charge in [-0.25, -0.2) is 0 Å². The molecule has 0 unspecified atom stereocenters. The first kappa shape index (κ1) is 19.1. The largest absolute Gasteiger partial charge is 0.497 e. The van der Waals surface area contributed by atoms with Gasteiger partial charge >= 0.3 is 0 Å². The summed E-state index contributed by atoms with van der Waals surface area (Å²) in [5, 5.41) is 12.1. The number of rotatable bonds is 7. The number of amides is 1. The lowest BCUT2D eigenvalue weighted by molar-refractivity contribution is -0.113. The zero-order valence-electron chi connectivity index (χ0n) is 15.0. The van der Waals surface area contributed by atoms with E-state index >= 15 is 0 Å². The molecule has 3 aromatic rings. The van der Waals surface area contributed by atoms with E-state index in [2.05, 4.69) is 15.5 Å². The monoisotopic (exact) mass is 397 g/mol. The van der Waals surface area contributed by atoms with Crippen molar-refractivity contribution in [2.75, 3.05) is 18.2 Å². The van der Waals surface area contributed by atoms with Gasteiger partial charge in [0, 0.05) is 4.90 Å². The van der Waals surface area contributed by atoms with Gasteiger partial charge in [0.15, 0.2) is 0 Å². The molecule has 0 fully saturated rings. The molecule has 7 heteroatoms. The Balaban J connectivity index is 1.51. The summed E-state index contributed by atoms with van der Waals surface area (Å²) in [5.41, 5.74) is 2.24. The lowest BCUT2D eigenvalue weighted by Crippen LogP contribution is -2.13. The topological polar surface area (TPSA) is 64.1 Å². The molecule has 0 atom stereocenters. The van der Waals surface area contributed by atoms with Crippen molar-refractivity contribution in [3.63, 3.8) is 0 Å². The van der Waals surface area contributed by atoms with Crippen LogP contribution in [0.15, 0.2) is 53.4 Å². The molecule has 0 aliphatic heterocycles. The van der Waals surface area contributed by atoms with E-state index in [1.54, 1.807) is 7.11 Å². The van der Waals surface area contributed by atoms with E-state index in [0.717, 1.165) is 21.2 Å². The first-order valence-electron chi connectivity index (χ1n) is 8.27. The molecule has 3 rings (SSSR count). The number of thioether (sulfide) groups is 1. The Hall–Kier alpha value is -2.64. The number of aryl methyl sites for hydroxylation is 1. The minimum atomic E-state index is -0.0950. The van der Waals surface area contributed by atoms with E-state index in [-0.39, 0.29) is 5.91 Å². The van der Waals surface area contributed by atoms with Crippen molar-refractivity contribution in [1.82, 2.24) is 10.2 Å². The fraction of sp³-hybridized carbons (Fsp3) is 0.150. The second kappa shape index (κ2) is 9.34. The Labute approximate surface area is 166 Å². The normalized spacial score (nSPS) is 10.9. The number of nitrogens with one attached hydrogen (secondary N) is 1. The van der Waals surface area contributed by atoms with Crippen molar-refractivity contribution in [3.05, 3.63) is 64.7 Å². The van der Waals surface area contributed by atoms with E-state index in [0.29, 0.717) is 10.9 Å². The molecule has 0 aliphatic rings. The van der Waals surface area contributed by atoms with Gasteiger partial charge in [-0.05, 0) is 42.8 Å². The van der Waals surface area contributed by atoms with Crippen molar-refractivity contribution >= 4 is 46.3 Å². The maximum absolute atomic E-state index is 12.1. The molecule has 0 saturated heterocycles. The number of anilines is 1. The molecule has 0 spiro atoms. The Morgan fingerprint density at radius 2 is 1.85 bits per heavy atom. The summed E-state index contributed by atoms with van der Waals surface area (Å²) < 4.78 is 5.14. The second-order valence-electron chi connectivity index (χ2n) is 5.70. The SMILES string of the molecule is COc1ccc(/C=C/c2nnc(NC(=O)CSc3ccc(C)cc3)s2)cc1. The van der Waals surface area contributed by atoms with Crippen molar-refractivity contribution in [3.8, 4) is 5.75 Å². The molecular formula is C20H19N3O2S2. The molecule has 1 heterocycles. The molecule has 0 aliphatic carbocycles. The van der Waals surface area contributed by atoms with Crippen molar-refractivity contribution in [2.45, 2.75) is 11.8 Å². The van der Waals surface area contributed by atoms with Gasteiger partial charge in [0.2, 0.25) is 11.0 Å². The molecule has 1 amide bonds. The Morgan fingerprint density at radius 1 is 1.11 bits per heavy atom. The maximum atomic E-state index is 12.1. The number of hydrogen-bond acceptors (Lipinski definition) is 6. The predicted octanol–water partition coefficient (Wildman–Crippen LogP) is 4.76. The van der Waals surface area contributed by atoms with Crippen LogP contribution in [0, 0.1) is 6.92 Å². The van der Waals surface area contributed by atoms with E-state index in [1.165, 1.54) is 28.7 Å². The van der Waals surface area contributed by atoms with Crippen LogP contribution in [0.2, 0.25) is 0 Å². The van der Waals surface area contributed by atoms with Crippen LogP contribution < -0.4 is 10.1 Å². The highest BCUT2D eigenvalue weighted by Crippen LogP contribution is 2.21. The average molecular weight is 398 g/mol. The highest BCUT2D eigenvalue weighted by molar-refractivity contribution is 8.00. The third kappa shape index (κ3) is 5.94. The molecule has 138 valence electrons. The van der Waals surface area contributed by atoms with Crippen molar-refractivity contribution in [1.29, 1.82) is 0 Å². The minimum Gasteiger partial charge on any atom is -0.497 e. The number of hydrogen-bond donors (Lipinski definition) is 1. The van der Waals surface area contributed by atoms with Crippen LogP contribution in [0.25, 0.3) is 12.2 Å². The maximum Gasteiger partial charge on any atom is 0.236 e. The molecule has 2 aromatic carbocycles. The fourth-order valence-corrected chi connectivity index (χ4v) is 3.53. The van der Waals surface area contributed by atoms with Crippen molar-refractivity contribution in [2.24, 2.45) is 0 Å². The summed E-state index contributed by atoms with van der Waals surface area (Å²) in [6, 6.07) is 15.8. The summed E-state index contributed by atoms with van der Waals surface area (Å²) in [5.74, 6) is 1.05. The van der Waals surface area contributed by atoms with E-state index in [9.17, 15) is 4.79 Å². The summed E-state index contributed by atoms with van der Waals surface area (Å²) in [6.07, 6.45) is 3.81. The third-order valence-corrected chi connectivity index (χ3v) is 5.43. The van der Waals surface area contributed by atoms with Gasteiger partial charge in [0.1, 0.15) is 10.8 Å². The summed E-state index contributed by atoms with van der Waals surface area (Å²) in [7, 11) is 1.64. The number of methoxy groups -OCH3 is 1. The van der Waals surface area contributed by atoms with Crippen LogP contribution in [-0.2, 0) is 4.79 Å². The van der Waals surface area contributed by atoms with Crippen molar-refractivity contribution < 1.29 is 9.53 Å². The van der Waals surface area contributed by atoms with E-state index in [1.807, 2.05) is 67.6 Å². The standard InChI is InChI=1S/C20H19N3O2S2/c1-14-3-10-17(11-4-14)26-13-18(24)21-20-23-22-19(27-20)12-7-15-5-8-16(25-2)9-6-15/h3-12H,13H2,1-2H3,(H,21,23,24)/b12-7+. The fourth-order valence-electron chi connectivity index (χ4n) is 2.17. The second-order valence-corrected chi connectivity index (χ2v) is 7.76. The molecule has 1 aromatic heterocycles. The molecule has 0 bridgehead atoms. The Morgan fingerprint density at radius 3 is 2.56 bits per heavy atom. The predicted molar refractivity (Wildman–Crippen MR) is 112 cm³/mol.